The molecule has 20 heavy (non-hydrogen) atoms. The van der Waals surface area contributed by atoms with Crippen LogP contribution in [0.1, 0.15) is 47.0 Å². The predicted octanol–water partition coefficient (Wildman–Crippen LogP) is 4.11. The van der Waals surface area contributed by atoms with Crippen LogP contribution in [-0.4, -0.2) is 20.2 Å². The fourth-order valence-electron chi connectivity index (χ4n) is 2.18. The smallest absolute Gasteiger partial charge is 0.180 e. The fraction of sp³-hybridized carbons (Fsp3) is 0.625. The maximum absolute atomic E-state index is 12.1. The number of nitrogens with one attached hydrogen (secondary N) is 1. The first kappa shape index (κ1) is 17.0. The van der Waals surface area contributed by atoms with Crippen LogP contribution in [-0.2, 0) is 9.84 Å². The number of hydrogen-bond donors (Lipinski definition) is 1. The normalized spacial score (nSPS) is 13.4. The number of sulfone groups is 1. The third kappa shape index (κ3) is 5.16. The van der Waals surface area contributed by atoms with E-state index in [1.54, 1.807) is 19.1 Å². The Balaban J connectivity index is 2.73. The molecule has 0 aliphatic carbocycles. The summed E-state index contributed by atoms with van der Waals surface area (Å²) in [7, 11) is -3.17. The molecule has 1 atom stereocenters. The second-order valence-corrected chi connectivity index (χ2v) is 8.02. The van der Waals surface area contributed by atoms with Gasteiger partial charge in [0.2, 0.25) is 0 Å². The first-order valence-electron chi connectivity index (χ1n) is 7.45. The van der Waals surface area contributed by atoms with Gasteiger partial charge >= 0.3 is 0 Å². The van der Waals surface area contributed by atoms with Gasteiger partial charge in [0.15, 0.2) is 9.84 Å². The molecule has 0 saturated carbocycles. The number of anilines is 1. The van der Waals surface area contributed by atoms with E-state index < -0.39 is 9.84 Å². The Morgan fingerprint density at radius 1 is 1.10 bits per heavy atom. The summed E-state index contributed by atoms with van der Waals surface area (Å²) in [6.45, 7) is 8.23. The maximum Gasteiger partial charge on any atom is 0.180 e. The van der Waals surface area contributed by atoms with E-state index in [1.165, 1.54) is 6.42 Å². The van der Waals surface area contributed by atoms with E-state index in [-0.39, 0.29) is 11.8 Å². The monoisotopic (exact) mass is 297 g/mol. The minimum atomic E-state index is -3.17. The zero-order valence-corrected chi connectivity index (χ0v) is 13.8. The molecule has 3 nitrogen and oxygen atoms in total. The Morgan fingerprint density at radius 2 is 1.75 bits per heavy atom. The highest BCUT2D eigenvalue weighted by molar-refractivity contribution is 7.91. The maximum atomic E-state index is 12.1. The van der Waals surface area contributed by atoms with Gasteiger partial charge in [-0.05, 0) is 31.4 Å². The van der Waals surface area contributed by atoms with Crippen LogP contribution in [0.3, 0.4) is 0 Å². The van der Waals surface area contributed by atoms with E-state index >= 15 is 0 Å². The second kappa shape index (κ2) is 7.67. The lowest BCUT2D eigenvalue weighted by Gasteiger charge is -2.18. The quantitative estimate of drug-likeness (QED) is 0.785. The minimum absolute atomic E-state index is 0.132. The van der Waals surface area contributed by atoms with Crippen molar-refractivity contribution in [3.05, 3.63) is 24.3 Å². The lowest BCUT2D eigenvalue weighted by atomic mass is 10.0. The summed E-state index contributed by atoms with van der Waals surface area (Å²) in [6, 6.07) is 7.46. The summed E-state index contributed by atoms with van der Waals surface area (Å²) in [5, 5.41) is 3.35. The van der Waals surface area contributed by atoms with Crippen molar-refractivity contribution in [3.8, 4) is 0 Å². The van der Waals surface area contributed by atoms with E-state index in [4.69, 9.17) is 0 Å². The summed E-state index contributed by atoms with van der Waals surface area (Å²) < 4.78 is 24.1. The Kier molecular flexibility index (Phi) is 6.53. The van der Waals surface area contributed by atoms with Crippen LogP contribution >= 0.6 is 0 Å². The van der Waals surface area contributed by atoms with Gasteiger partial charge in [-0.3, -0.25) is 0 Å². The van der Waals surface area contributed by atoms with Crippen LogP contribution in [0, 0.1) is 5.92 Å². The third-order valence-electron chi connectivity index (χ3n) is 3.42. The number of para-hydroxylation sites is 1. The average Bonchev–Trinajstić information content (AvgIpc) is 2.38. The Labute approximate surface area is 123 Å². The molecule has 1 aromatic carbocycles. The highest BCUT2D eigenvalue weighted by Crippen LogP contribution is 2.23. The van der Waals surface area contributed by atoms with E-state index in [0.717, 1.165) is 24.4 Å². The molecule has 0 heterocycles. The molecule has 0 aromatic heterocycles. The molecule has 0 radical (unpaired) electrons. The van der Waals surface area contributed by atoms with Crippen LogP contribution in [0.15, 0.2) is 29.2 Å². The van der Waals surface area contributed by atoms with Crippen molar-refractivity contribution in [2.75, 3.05) is 11.1 Å². The molecule has 1 rings (SSSR count). The number of benzene rings is 1. The van der Waals surface area contributed by atoms with Gasteiger partial charge in [0, 0.05) is 6.04 Å². The molecular weight excluding hydrogens is 270 g/mol. The number of rotatable bonds is 8. The molecule has 0 fully saturated rings. The Bertz CT molecular complexity index is 509. The molecule has 1 unspecified atom stereocenters. The van der Waals surface area contributed by atoms with Gasteiger partial charge in [-0.15, -0.1) is 0 Å². The molecule has 114 valence electrons. The average molecular weight is 297 g/mol. The van der Waals surface area contributed by atoms with E-state index in [0.29, 0.717) is 4.90 Å². The zero-order chi connectivity index (χ0) is 15.2. The van der Waals surface area contributed by atoms with Crippen molar-refractivity contribution in [3.63, 3.8) is 0 Å². The van der Waals surface area contributed by atoms with Crippen molar-refractivity contribution in [2.24, 2.45) is 5.92 Å². The second-order valence-electron chi connectivity index (χ2n) is 5.77. The van der Waals surface area contributed by atoms with E-state index in [2.05, 4.69) is 26.1 Å². The molecule has 1 N–H and O–H groups in total. The largest absolute Gasteiger partial charge is 0.382 e. The standard InChI is InChI=1S/C16H27NO2S/c1-5-20(18,19)16-12-7-6-11-15(16)17-14(4)10-8-9-13(2)3/h6-7,11-14,17H,5,8-10H2,1-4H3. The first-order valence-corrected chi connectivity index (χ1v) is 9.10. The van der Waals surface area contributed by atoms with Gasteiger partial charge in [0.1, 0.15) is 0 Å². The topological polar surface area (TPSA) is 46.2 Å². The van der Waals surface area contributed by atoms with Gasteiger partial charge < -0.3 is 5.32 Å². The highest BCUT2D eigenvalue weighted by Gasteiger charge is 2.16. The minimum Gasteiger partial charge on any atom is -0.382 e. The SMILES string of the molecule is CCS(=O)(=O)c1ccccc1NC(C)CCCC(C)C. The van der Waals surface area contributed by atoms with Crippen molar-refractivity contribution < 1.29 is 8.42 Å². The van der Waals surface area contributed by atoms with Gasteiger partial charge in [0.25, 0.3) is 0 Å². The van der Waals surface area contributed by atoms with Crippen molar-refractivity contribution in [1.29, 1.82) is 0 Å². The fourth-order valence-corrected chi connectivity index (χ4v) is 3.24. The van der Waals surface area contributed by atoms with Crippen LogP contribution in [0.25, 0.3) is 0 Å². The molecule has 0 aliphatic heterocycles. The molecule has 0 aliphatic rings. The van der Waals surface area contributed by atoms with Crippen LogP contribution < -0.4 is 5.32 Å². The summed E-state index contributed by atoms with van der Waals surface area (Å²) in [5.41, 5.74) is 0.728. The summed E-state index contributed by atoms with van der Waals surface area (Å²) in [6.07, 6.45) is 3.42. The van der Waals surface area contributed by atoms with Gasteiger partial charge in [-0.2, -0.15) is 0 Å². The first-order chi connectivity index (χ1) is 9.36. The van der Waals surface area contributed by atoms with Gasteiger partial charge in [-0.25, -0.2) is 8.42 Å². The van der Waals surface area contributed by atoms with Crippen LogP contribution in [0.5, 0.6) is 0 Å². The lowest BCUT2D eigenvalue weighted by molar-refractivity contribution is 0.520. The van der Waals surface area contributed by atoms with Crippen molar-refractivity contribution in [2.45, 2.75) is 57.9 Å². The van der Waals surface area contributed by atoms with Gasteiger partial charge in [-0.1, -0.05) is 45.7 Å². The summed E-state index contributed by atoms with van der Waals surface area (Å²) in [4.78, 5) is 0.415. The Morgan fingerprint density at radius 3 is 2.35 bits per heavy atom. The number of hydrogen-bond acceptors (Lipinski definition) is 3. The van der Waals surface area contributed by atoms with Crippen molar-refractivity contribution >= 4 is 15.5 Å². The van der Waals surface area contributed by atoms with Gasteiger partial charge in [0.05, 0.1) is 16.3 Å². The van der Waals surface area contributed by atoms with Crippen LogP contribution in [0.2, 0.25) is 0 Å². The molecule has 0 saturated heterocycles. The molecule has 0 amide bonds. The van der Waals surface area contributed by atoms with Crippen LogP contribution in [0.4, 0.5) is 5.69 Å². The highest BCUT2D eigenvalue weighted by atomic mass is 32.2. The van der Waals surface area contributed by atoms with Crippen molar-refractivity contribution in [1.82, 2.24) is 0 Å². The molecule has 0 spiro atoms. The molecule has 4 heteroatoms. The molecular formula is C16H27NO2S. The van der Waals surface area contributed by atoms with E-state index in [9.17, 15) is 8.42 Å². The zero-order valence-electron chi connectivity index (χ0n) is 13.0. The molecule has 1 aromatic rings. The lowest BCUT2D eigenvalue weighted by Crippen LogP contribution is -2.18. The Hall–Kier alpha value is -1.03. The summed E-state index contributed by atoms with van der Waals surface area (Å²) >= 11 is 0. The van der Waals surface area contributed by atoms with E-state index in [1.807, 2.05) is 12.1 Å². The third-order valence-corrected chi connectivity index (χ3v) is 5.21. The molecule has 0 bridgehead atoms. The summed E-state index contributed by atoms with van der Waals surface area (Å²) in [5.74, 6) is 0.850. The predicted molar refractivity (Wildman–Crippen MR) is 85.9 cm³/mol.